The molecule has 0 aromatic heterocycles. The molecule has 0 unspecified atom stereocenters. The predicted molar refractivity (Wildman–Crippen MR) is 105 cm³/mol. The number of ether oxygens (including phenoxy) is 1. The number of fused-ring (bicyclic) bond motifs is 1. The Balaban J connectivity index is 0.00000208. The number of hydrogen-bond acceptors (Lipinski definition) is 3. The minimum atomic E-state index is 0. The normalized spacial score (nSPS) is 11.0. The predicted octanol–water partition coefficient (Wildman–Crippen LogP) is 5.76. The van der Waals surface area contributed by atoms with E-state index < -0.39 is 0 Å². The monoisotopic (exact) mass is 360 g/mol. The summed E-state index contributed by atoms with van der Waals surface area (Å²) in [5.41, 5.74) is 5.94. The molecule has 0 fully saturated rings. The average molecular weight is 361 g/mol. The number of rotatable bonds is 4. The third-order valence-corrected chi connectivity index (χ3v) is 3.91. The molecule has 0 aliphatic heterocycles. The lowest BCUT2D eigenvalue weighted by Crippen LogP contribution is -1.99. The van der Waals surface area contributed by atoms with Gasteiger partial charge in [0.2, 0.25) is 0 Å². The van der Waals surface area contributed by atoms with Crippen molar-refractivity contribution in [2.45, 2.75) is 6.92 Å². The molecule has 0 atom stereocenters. The van der Waals surface area contributed by atoms with Crippen LogP contribution in [0.3, 0.4) is 0 Å². The summed E-state index contributed by atoms with van der Waals surface area (Å²) in [6.07, 6.45) is 0. The van der Waals surface area contributed by atoms with Gasteiger partial charge in [0.25, 0.3) is 0 Å². The Morgan fingerprint density at radius 2 is 1.62 bits per heavy atom. The van der Waals surface area contributed by atoms with Crippen LogP contribution in [0.1, 0.15) is 12.5 Å². The molecule has 0 bridgehead atoms. The molecule has 124 valence electrons. The highest BCUT2D eigenvalue weighted by atomic mass is 35.5. The lowest BCUT2D eigenvalue weighted by Gasteiger charge is -2.07. The molecule has 0 radical (unpaired) electrons. The van der Waals surface area contributed by atoms with Crippen LogP contribution in [0, 0.1) is 0 Å². The van der Waals surface area contributed by atoms with Crippen LogP contribution in [0.5, 0.6) is 5.75 Å². The summed E-state index contributed by atoms with van der Waals surface area (Å²) in [5.74, 6) is 0.861. The van der Waals surface area contributed by atoms with Gasteiger partial charge in [0, 0.05) is 5.02 Å². The van der Waals surface area contributed by atoms with E-state index >= 15 is 0 Å². The third-order valence-electron chi connectivity index (χ3n) is 3.66. The van der Waals surface area contributed by atoms with Gasteiger partial charge in [-0.05, 0) is 65.7 Å². The fraction of sp³-hybridized carbons (Fsp3) is 0.105. The van der Waals surface area contributed by atoms with Gasteiger partial charge in [-0.25, -0.2) is 0 Å². The first-order valence-electron chi connectivity index (χ1n) is 7.30. The molecule has 0 aliphatic carbocycles. The summed E-state index contributed by atoms with van der Waals surface area (Å²) in [6.45, 7) is 1.98. The minimum Gasteiger partial charge on any atom is -0.497 e. The summed E-state index contributed by atoms with van der Waals surface area (Å²) in [4.78, 5) is 0. The Hall–Kier alpha value is -2.23. The molecule has 0 aliphatic rings. The van der Waals surface area contributed by atoms with E-state index in [0.29, 0.717) is 5.02 Å². The van der Waals surface area contributed by atoms with Gasteiger partial charge in [0.15, 0.2) is 0 Å². The summed E-state index contributed by atoms with van der Waals surface area (Å²) >= 11 is 5.87. The first-order chi connectivity index (χ1) is 11.2. The van der Waals surface area contributed by atoms with Crippen molar-refractivity contribution in [3.05, 3.63) is 71.2 Å². The maximum Gasteiger partial charge on any atom is 0.119 e. The molecule has 0 spiro atoms. The van der Waals surface area contributed by atoms with Crippen molar-refractivity contribution < 1.29 is 4.74 Å². The van der Waals surface area contributed by atoms with Crippen LogP contribution < -0.4 is 10.2 Å². The number of hydrazone groups is 1. The van der Waals surface area contributed by atoms with E-state index in [2.05, 4.69) is 34.8 Å². The molecular formula is C19H18Cl2N2O. The Bertz CT molecular complexity index is 861. The standard InChI is InChI=1S/C19H17ClN2O.ClH/c1-13(21-22-18-8-6-17(20)7-9-18)14-3-4-16-12-19(23-2)10-5-15(16)11-14;/h3-12,22H,1-2H3;1H. The van der Waals surface area contributed by atoms with Crippen LogP contribution >= 0.6 is 24.0 Å². The number of hydrogen-bond donors (Lipinski definition) is 1. The third kappa shape index (κ3) is 4.19. The highest BCUT2D eigenvalue weighted by Gasteiger charge is 2.02. The van der Waals surface area contributed by atoms with Crippen molar-refractivity contribution in [3.8, 4) is 5.75 Å². The minimum absolute atomic E-state index is 0. The highest BCUT2D eigenvalue weighted by Crippen LogP contribution is 2.22. The summed E-state index contributed by atoms with van der Waals surface area (Å²) in [5, 5.41) is 7.44. The van der Waals surface area contributed by atoms with Crippen LogP contribution in [-0.2, 0) is 0 Å². The van der Waals surface area contributed by atoms with Crippen molar-refractivity contribution in [2.75, 3.05) is 12.5 Å². The van der Waals surface area contributed by atoms with E-state index in [9.17, 15) is 0 Å². The van der Waals surface area contributed by atoms with Crippen molar-refractivity contribution in [2.24, 2.45) is 5.10 Å². The van der Waals surface area contributed by atoms with Gasteiger partial charge in [-0.2, -0.15) is 5.10 Å². The Kier molecular flexibility index (Phi) is 6.07. The van der Waals surface area contributed by atoms with Gasteiger partial charge in [0.1, 0.15) is 5.75 Å². The molecule has 0 saturated carbocycles. The van der Waals surface area contributed by atoms with Gasteiger partial charge in [-0.1, -0.05) is 29.8 Å². The van der Waals surface area contributed by atoms with Crippen molar-refractivity contribution in [3.63, 3.8) is 0 Å². The van der Waals surface area contributed by atoms with Gasteiger partial charge in [-0.3, -0.25) is 5.43 Å². The molecule has 3 aromatic carbocycles. The van der Waals surface area contributed by atoms with Crippen LogP contribution in [0.2, 0.25) is 5.02 Å². The summed E-state index contributed by atoms with van der Waals surface area (Å²) in [7, 11) is 1.68. The molecule has 3 rings (SSSR count). The fourth-order valence-electron chi connectivity index (χ4n) is 2.31. The maximum atomic E-state index is 5.87. The van der Waals surface area contributed by atoms with E-state index in [4.69, 9.17) is 16.3 Å². The number of halogens is 2. The Morgan fingerprint density at radius 3 is 2.33 bits per heavy atom. The largest absolute Gasteiger partial charge is 0.497 e. The van der Waals surface area contributed by atoms with Crippen LogP contribution in [0.25, 0.3) is 10.8 Å². The van der Waals surface area contributed by atoms with Crippen molar-refractivity contribution in [1.82, 2.24) is 0 Å². The quantitative estimate of drug-likeness (QED) is 0.473. The lowest BCUT2D eigenvalue weighted by atomic mass is 10.0. The number of methoxy groups -OCH3 is 1. The van der Waals surface area contributed by atoms with E-state index in [1.807, 2.05) is 43.3 Å². The molecule has 3 aromatic rings. The molecule has 0 amide bonds. The average Bonchev–Trinajstić information content (AvgIpc) is 2.60. The first kappa shape index (κ1) is 18.1. The highest BCUT2D eigenvalue weighted by molar-refractivity contribution is 6.30. The molecule has 0 saturated heterocycles. The molecular weight excluding hydrogens is 343 g/mol. The topological polar surface area (TPSA) is 33.6 Å². The smallest absolute Gasteiger partial charge is 0.119 e. The van der Waals surface area contributed by atoms with Gasteiger partial charge in [0.05, 0.1) is 18.5 Å². The SMILES string of the molecule is COc1ccc2cc(C(C)=NNc3ccc(Cl)cc3)ccc2c1.Cl. The molecule has 3 nitrogen and oxygen atoms in total. The second kappa shape index (κ2) is 8.04. The molecule has 0 heterocycles. The molecule has 24 heavy (non-hydrogen) atoms. The number of nitrogens with zero attached hydrogens (tertiary/aromatic N) is 1. The lowest BCUT2D eigenvalue weighted by molar-refractivity contribution is 0.415. The summed E-state index contributed by atoms with van der Waals surface area (Å²) < 4.78 is 5.25. The van der Waals surface area contributed by atoms with Crippen molar-refractivity contribution in [1.29, 1.82) is 0 Å². The van der Waals surface area contributed by atoms with Crippen molar-refractivity contribution >= 4 is 46.2 Å². The zero-order valence-electron chi connectivity index (χ0n) is 13.4. The van der Waals surface area contributed by atoms with E-state index in [1.165, 1.54) is 0 Å². The van der Waals surface area contributed by atoms with E-state index in [0.717, 1.165) is 33.5 Å². The first-order valence-corrected chi connectivity index (χ1v) is 7.67. The van der Waals surface area contributed by atoms with E-state index in [1.54, 1.807) is 7.11 Å². The zero-order valence-corrected chi connectivity index (χ0v) is 15.0. The fourth-order valence-corrected chi connectivity index (χ4v) is 2.44. The van der Waals surface area contributed by atoms with Gasteiger partial charge >= 0.3 is 0 Å². The summed E-state index contributed by atoms with van der Waals surface area (Å²) in [6, 6.07) is 19.8. The Labute approximate surface area is 152 Å². The second-order valence-corrected chi connectivity index (χ2v) is 5.68. The van der Waals surface area contributed by atoms with Gasteiger partial charge in [-0.15, -0.1) is 12.4 Å². The maximum absolute atomic E-state index is 5.87. The zero-order chi connectivity index (χ0) is 16.2. The van der Waals surface area contributed by atoms with Gasteiger partial charge < -0.3 is 4.74 Å². The number of benzene rings is 3. The second-order valence-electron chi connectivity index (χ2n) is 5.24. The van der Waals surface area contributed by atoms with E-state index in [-0.39, 0.29) is 12.4 Å². The Morgan fingerprint density at radius 1 is 0.958 bits per heavy atom. The number of nitrogens with one attached hydrogen (secondary N) is 1. The van der Waals surface area contributed by atoms with Crippen LogP contribution in [-0.4, -0.2) is 12.8 Å². The van der Waals surface area contributed by atoms with Crippen LogP contribution in [0.15, 0.2) is 65.8 Å². The number of anilines is 1. The van der Waals surface area contributed by atoms with Crippen LogP contribution in [0.4, 0.5) is 5.69 Å². The molecule has 1 N–H and O–H groups in total. The molecule has 5 heteroatoms.